The average molecular weight is 397 g/mol. The number of hydrogen-bond donors (Lipinski definition) is 3. The molecule has 27 heavy (non-hydrogen) atoms. The minimum Gasteiger partial charge on any atom is -0.481 e. The van der Waals surface area contributed by atoms with Gasteiger partial charge in [-0.15, -0.1) is 0 Å². The van der Waals surface area contributed by atoms with Crippen molar-refractivity contribution >= 4 is 35.1 Å². The van der Waals surface area contributed by atoms with Crippen molar-refractivity contribution < 1.29 is 24.2 Å². The first-order valence-corrected chi connectivity index (χ1v) is 9.09. The summed E-state index contributed by atoms with van der Waals surface area (Å²) in [6.07, 6.45) is 0.499. The second-order valence-corrected chi connectivity index (χ2v) is 8.49. The molecule has 1 aliphatic rings. The van der Waals surface area contributed by atoms with E-state index in [0.717, 1.165) is 0 Å². The maximum atomic E-state index is 12.7. The van der Waals surface area contributed by atoms with Crippen molar-refractivity contribution in [3.63, 3.8) is 0 Å². The molecule has 1 saturated heterocycles. The number of anilines is 1. The molecule has 0 bridgehead atoms. The standard InChI is InChI=1S/C19H25ClN2O5/c1-18(2,3)9-15(23)21-12-4-5-14(20)13(8-12)17(26)22-19(10-16(24)25)6-7-27-11-19/h4-5,8H,6-7,9-11H2,1-3H3,(H,21,23)(H,22,26)(H,24,25). The lowest BCUT2D eigenvalue weighted by Gasteiger charge is -2.27. The third-order valence-electron chi connectivity index (χ3n) is 4.16. The van der Waals surface area contributed by atoms with Gasteiger partial charge < -0.3 is 20.5 Å². The van der Waals surface area contributed by atoms with Gasteiger partial charge in [0, 0.05) is 18.7 Å². The molecule has 0 aliphatic carbocycles. The summed E-state index contributed by atoms with van der Waals surface area (Å²) in [6.45, 7) is 6.38. The molecule has 1 unspecified atom stereocenters. The molecule has 0 saturated carbocycles. The van der Waals surface area contributed by atoms with E-state index in [1.54, 1.807) is 6.07 Å². The number of benzene rings is 1. The van der Waals surface area contributed by atoms with Crippen molar-refractivity contribution in [3.8, 4) is 0 Å². The lowest BCUT2D eigenvalue weighted by molar-refractivity contribution is -0.138. The van der Waals surface area contributed by atoms with Crippen molar-refractivity contribution in [1.29, 1.82) is 0 Å². The van der Waals surface area contributed by atoms with Crippen LogP contribution in [0.5, 0.6) is 0 Å². The molecule has 8 heteroatoms. The Balaban J connectivity index is 2.16. The highest BCUT2D eigenvalue weighted by Gasteiger charge is 2.39. The molecular weight excluding hydrogens is 372 g/mol. The summed E-state index contributed by atoms with van der Waals surface area (Å²) in [5, 5.41) is 14.9. The normalized spacial score (nSPS) is 19.6. The molecule has 7 nitrogen and oxygen atoms in total. The molecule has 2 rings (SSSR count). The molecule has 148 valence electrons. The van der Waals surface area contributed by atoms with Crippen LogP contribution in [0.3, 0.4) is 0 Å². The van der Waals surface area contributed by atoms with Crippen LogP contribution in [-0.2, 0) is 14.3 Å². The summed E-state index contributed by atoms with van der Waals surface area (Å²) in [5.74, 6) is -1.68. The highest BCUT2D eigenvalue weighted by molar-refractivity contribution is 6.34. The third kappa shape index (κ3) is 6.22. The van der Waals surface area contributed by atoms with E-state index < -0.39 is 17.4 Å². The second-order valence-electron chi connectivity index (χ2n) is 8.09. The zero-order valence-electron chi connectivity index (χ0n) is 15.7. The van der Waals surface area contributed by atoms with Gasteiger partial charge in [0.2, 0.25) is 5.91 Å². The van der Waals surface area contributed by atoms with Crippen LogP contribution >= 0.6 is 11.6 Å². The van der Waals surface area contributed by atoms with Crippen LogP contribution in [0.15, 0.2) is 18.2 Å². The van der Waals surface area contributed by atoms with Crippen LogP contribution in [0.1, 0.15) is 50.4 Å². The SMILES string of the molecule is CC(C)(C)CC(=O)Nc1ccc(Cl)c(C(=O)NC2(CC(=O)O)CCOC2)c1. The number of carboxylic acids is 1. The minimum atomic E-state index is -1.02. The molecule has 1 aromatic rings. The maximum absolute atomic E-state index is 12.7. The fourth-order valence-corrected chi connectivity index (χ4v) is 3.15. The Hall–Kier alpha value is -2.12. The fraction of sp³-hybridized carbons (Fsp3) is 0.526. The van der Waals surface area contributed by atoms with Crippen molar-refractivity contribution in [3.05, 3.63) is 28.8 Å². The number of amides is 2. The van der Waals surface area contributed by atoms with Gasteiger partial charge in [0.25, 0.3) is 5.91 Å². The number of nitrogens with one attached hydrogen (secondary N) is 2. The number of rotatable bonds is 6. The quantitative estimate of drug-likeness (QED) is 0.685. The van der Waals surface area contributed by atoms with Gasteiger partial charge in [-0.1, -0.05) is 32.4 Å². The summed E-state index contributed by atoms with van der Waals surface area (Å²) in [5.41, 5.74) is -0.504. The first-order chi connectivity index (χ1) is 12.5. The van der Waals surface area contributed by atoms with Crippen LogP contribution in [-0.4, -0.2) is 41.6 Å². The lowest BCUT2D eigenvalue weighted by atomic mass is 9.92. The number of carbonyl (C=O) groups excluding carboxylic acids is 2. The lowest BCUT2D eigenvalue weighted by Crippen LogP contribution is -2.50. The molecule has 1 aromatic carbocycles. The highest BCUT2D eigenvalue weighted by atomic mass is 35.5. The van der Waals surface area contributed by atoms with Gasteiger partial charge in [-0.3, -0.25) is 14.4 Å². The van der Waals surface area contributed by atoms with E-state index in [-0.39, 0.29) is 34.9 Å². The van der Waals surface area contributed by atoms with Gasteiger partial charge >= 0.3 is 5.97 Å². The summed E-state index contributed by atoms with van der Waals surface area (Å²) in [4.78, 5) is 36.0. The zero-order chi connectivity index (χ0) is 20.2. The number of carboxylic acid groups (broad SMARTS) is 1. The number of aliphatic carboxylic acids is 1. The molecule has 1 fully saturated rings. The van der Waals surface area contributed by atoms with E-state index >= 15 is 0 Å². The van der Waals surface area contributed by atoms with E-state index in [1.165, 1.54) is 12.1 Å². The van der Waals surface area contributed by atoms with E-state index in [4.69, 9.17) is 21.4 Å². The molecule has 1 atom stereocenters. The minimum absolute atomic E-state index is 0.130. The van der Waals surface area contributed by atoms with Crippen LogP contribution in [0.2, 0.25) is 5.02 Å². The number of ether oxygens (including phenoxy) is 1. The Morgan fingerprint density at radius 2 is 2.00 bits per heavy atom. The van der Waals surface area contributed by atoms with E-state index in [1.807, 2.05) is 20.8 Å². The highest BCUT2D eigenvalue weighted by Crippen LogP contribution is 2.26. The Labute approximate surface area is 163 Å². The molecule has 1 aliphatic heterocycles. The summed E-state index contributed by atoms with van der Waals surface area (Å²) in [7, 11) is 0. The molecule has 0 spiro atoms. The van der Waals surface area contributed by atoms with Gasteiger partial charge in [-0.25, -0.2) is 0 Å². The van der Waals surface area contributed by atoms with E-state index in [0.29, 0.717) is 25.1 Å². The molecule has 0 aromatic heterocycles. The van der Waals surface area contributed by atoms with E-state index in [2.05, 4.69) is 10.6 Å². The Morgan fingerprint density at radius 1 is 1.30 bits per heavy atom. The number of hydrogen-bond acceptors (Lipinski definition) is 4. The smallest absolute Gasteiger partial charge is 0.305 e. The van der Waals surface area contributed by atoms with Crippen molar-refractivity contribution in [2.45, 2.75) is 45.6 Å². The molecule has 2 amide bonds. The van der Waals surface area contributed by atoms with Crippen LogP contribution < -0.4 is 10.6 Å². The number of halogens is 1. The monoisotopic (exact) mass is 396 g/mol. The van der Waals surface area contributed by atoms with Crippen LogP contribution in [0, 0.1) is 5.41 Å². The Kier molecular flexibility index (Phi) is 6.49. The first kappa shape index (κ1) is 21.2. The van der Waals surface area contributed by atoms with Gasteiger partial charge in [0.1, 0.15) is 0 Å². The van der Waals surface area contributed by atoms with Gasteiger partial charge in [0.15, 0.2) is 0 Å². The van der Waals surface area contributed by atoms with Crippen LogP contribution in [0.25, 0.3) is 0 Å². The maximum Gasteiger partial charge on any atom is 0.305 e. The first-order valence-electron chi connectivity index (χ1n) is 8.71. The molecular formula is C19H25ClN2O5. The summed E-state index contributed by atoms with van der Waals surface area (Å²) < 4.78 is 5.28. The zero-order valence-corrected chi connectivity index (χ0v) is 16.5. The largest absolute Gasteiger partial charge is 0.481 e. The summed E-state index contributed by atoms with van der Waals surface area (Å²) in [6, 6.07) is 4.63. The molecule has 0 radical (unpaired) electrons. The average Bonchev–Trinajstić information content (AvgIpc) is 2.94. The third-order valence-corrected chi connectivity index (χ3v) is 4.49. The van der Waals surface area contributed by atoms with Crippen LogP contribution in [0.4, 0.5) is 5.69 Å². The molecule has 3 N–H and O–H groups in total. The van der Waals surface area contributed by atoms with Gasteiger partial charge in [-0.05, 0) is 30.0 Å². The van der Waals surface area contributed by atoms with Crippen molar-refractivity contribution in [2.75, 3.05) is 18.5 Å². The predicted octanol–water partition coefficient (Wildman–Crippen LogP) is 3.08. The summed E-state index contributed by atoms with van der Waals surface area (Å²) >= 11 is 6.15. The van der Waals surface area contributed by atoms with Crippen molar-refractivity contribution in [1.82, 2.24) is 5.32 Å². The number of carbonyl (C=O) groups is 3. The van der Waals surface area contributed by atoms with Gasteiger partial charge in [-0.2, -0.15) is 0 Å². The molecule has 1 heterocycles. The topological polar surface area (TPSA) is 105 Å². The Morgan fingerprint density at radius 3 is 2.56 bits per heavy atom. The van der Waals surface area contributed by atoms with Crippen molar-refractivity contribution in [2.24, 2.45) is 5.41 Å². The van der Waals surface area contributed by atoms with Gasteiger partial charge in [0.05, 0.1) is 29.2 Å². The Bertz CT molecular complexity index is 736. The second kappa shape index (κ2) is 8.27. The predicted molar refractivity (Wildman–Crippen MR) is 102 cm³/mol. The van der Waals surface area contributed by atoms with E-state index in [9.17, 15) is 14.4 Å². The fourth-order valence-electron chi connectivity index (χ4n) is 2.95.